The van der Waals surface area contributed by atoms with E-state index in [0.717, 1.165) is 5.56 Å². The highest BCUT2D eigenvalue weighted by atomic mass is 16.3. The molecule has 0 aliphatic rings. The summed E-state index contributed by atoms with van der Waals surface area (Å²) in [5.41, 5.74) is 1.49. The fourth-order valence-electron chi connectivity index (χ4n) is 2.67. The van der Waals surface area contributed by atoms with Gasteiger partial charge in [0.15, 0.2) is 0 Å². The molecule has 0 saturated heterocycles. The number of para-hydroxylation sites is 1. The van der Waals surface area contributed by atoms with Crippen molar-refractivity contribution in [2.24, 2.45) is 0 Å². The van der Waals surface area contributed by atoms with Crippen molar-refractivity contribution in [1.29, 1.82) is 0 Å². The number of nitrogens with zero attached hydrogens (tertiary/aromatic N) is 2. The molecule has 0 bridgehead atoms. The van der Waals surface area contributed by atoms with Crippen LogP contribution in [-0.4, -0.2) is 20.6 Å². The van der Waals surface area contributed by atoms with Gasteiger partial charge in [0.1, 0.15) is 12.3 Å². The van der Waals surface area contributed by atoms with E-state index in [0.29, 0.717) is 16.6 Å². The van der Waals surface area contributed by atoms with Gasteiger partial charge in [-0.3, -0.25) is 14.2 Å². The van der Waals surface area contributed by atoms with Gasteiger partial charge in [-0.05, 0) is 35.2 Å². The molecule has 1 heterocycles. The lowest BCUT2D eigenvalue weighted by atomic mass is 9.87. The van der Waals surface area contributed by atoms with E-state index in [4.69, 9.17) is 0 Å². The number of rotatable bonds is 3. The molecule has 0 unspecified atom stereocenters. The zero-order valence-electron chi connectivity index (χ0n) is 15.0. The first kappa shape index (κ1) is 17.7. The number of carbonyl (C=O) groups excluding carboxylic acids is 1. The number of fused-ring (bicyclic) bond motifs is 1. The van der Waals surface area contributed by atoms with Crippen LogP contribution in [-0.2, 0) is 16.8 Å². The third-order valence-corrected chi connectivity index (χ3v) is 4.18. The van der Waals surface area contributed by atoms with Gasteiger partial charge in [-0.2, -0.15) is 0 Å². The third-order valence-electron chi connectivity index (χ3n) is 4.18. The highest BCUT2D eigenvalue weighted by Crippen LogP contribution is 2.30. The van der Waals surface area contributed by atoms with E-state index in [1.54, 1.807) is 36.4 Å². The number of carbonyl (C=O) groups is 1. The number of hydrogen-bond acceptors (Lipinski definition) is 4. The molecule has 6 nitrogen and oxygen atoms in total. The molecule has 0 fully saturated rings. The molecule has 1 aromatic heterocycles. The first-order valence-electron chi connectivity index (χ1n) is 8.33. The lowest BCUT2D eigenvalue weighted by molar-refractivity contribution is -0.116. The van der Waals surface area contributed by atoms with Crippen LogP contribution in [0, 0.1) is 0 Å². The number of phenolic OH excluding ortho intramolecular Hbond substituents is 1. The van der Waals surface area contributed by atoms with Crippen LogP contribution >= 0.6 is 0 Å². The summed E-state index contributed by atoms with van der Waals surface area (Å²) in [6.07, 6.45) is 1.36. The molecule has 0 saturated carbocycles. The topological polar surface area (TPSA) is 84.2 Å². The van der Waals surface area contributed by atoms with Gasteiger partial charge in [0.05, 0.1) is 22.9 Å². The highest BCUT2D eigenvalue weighted by molar-refractivity contribution is 5.92. The predicted molar refractivity (Wildman–Crippen MR) is 101 cm³/mol. The second-order valence-corrected chi connectivity index (χ2v) is 7.22. The van der Waals surface area contributed by atoms with Gasteiger partial charge in [0, 0.05) is 0 Å². The number of aromatic hydroxyl groups is 1. The SMILES string of the molecule is CC(C)(C)c1ccc(O)c(NC(=O)Cn2cnc3ccccc3c2=O)c1. The van der Waals surface area contributed by atoms with Crippen molar-refractivity contribution >= 4 is 22.5 Å². The van der Waals surface area contributed by atoms with E-state index in [-0.39, 0.29) is 23.3 Å². The maximum atomic E-state index is 12.5. The minimum Gasteiger partial charge on any atom is -0.506 e. The molecule has 3 aromatic rings. The fourth-order valence-corrected chi connectivity index (χ4v) is 2.67. The van der Waals surface area contributed by atoms with Crippen LogP contribution in [0.1, 0.15) is 26.3 Å². The van der Waals surface area contributed by atoms with Crippen LogP contribution in [0.15, 0.2) is 53.6 Å². The van der Waals surface area contributed by atoms with E-state index in [1.807, 2.05) is 26.8 Å². The van der Waals surface area contributed by atoms with Gasteiger partial charge in [-0.1, -0.05) is 39.0 Å². The molecule has 6 heteroatoms. The lowest BCUT2D eigenvalue weighted by Crippen LogP contribution is -2.28. The van der Waals surface area contributed by atoms with E-state index in [2.05, 4.69) is 10.3 Å². The summed E-state index contributed by atoms with van der Waals surface area (Å²) < 4.78 is 1.25. The smallest absolute Gasteiger partial charge is 0.261 e. The summed E-state index contributed by atoms with van der Waals surface area (Å²) in [5.74, 6) is -0.430. The Hall–Kier alpha value is -3.15. The first-order chi connectivity index (χ1) is 12.3. The van der Waals surface area contributed by atoms with Gasteiger partial charge < -0.3 is 10.4 Å². The van der Waals surface area contributed by atoms with Crippen molar-refractivity contribution in [3.8, 4) is 5.75 Å². The minimum atomic E-state index is -0.412. The number of aromatic nitrogens is 2. The van der Waals surface area contributed by atoms with Crippen LogP contribution in [0.25, 0.3) is 10.9 Å². The molecule has 0 aliphatic carbocycles. The van der Waals surface area contributed by atoms with Crippen LogP contribution < -0.4 is 10.9 Å². The number of phenols is 1. The van der Waals surface area contributed by atoms with Crippen molar-refractivity contribution in [3.63, 3.8) is 0 Å². The molecule has 0 aliphatic heterocycles. The number of benzene rings is 2. The number of amides is 1. The van der Waals surface area contributed by atoms with Crippen LogP contribution in [0.2, 0.25) is 0 Å². The Morgan fingerprint density at radius 2 is 1.92 bits per heavy atom. The Balaban J connectivity index is 1.84. The summed E-state index contributed by atoms with van der Waals surface area (Å²) in [6.45, 7) is 5.96. The third kappa shape index (κ3) is 3.59. The molecule has 1 amide bonds. The van der Waals surface area contributed by atoms with Crippen molar-refractivity contribution in [2.45, 2.75) is 32.7 Å². The Bertz CT molecular complexity index is 1030. The van der Waals surface area contributed by atoms with Crippen LogP contribution in [0.4, 0.5) is 5.69 Å². The zero-order chi connectivity index (χ0) is 18.9. The maximum absolute atomic E-state index is 12.5. The van der Waals surface area contributed by atoms with Crippen LogP contribution in [0.3, 0.4) is 0 Å². The molecule has 3 rings (SSSR count). The molecule has 26 heavy (non-hydrogen) atoms. The summed E-state index contributed by atoms with van der Waals surface area (Å²) in [5, 5.41) is 13.1. The lowest BCUT2D eigenvalue weighted by Gasteiger charge is -2.20. The molecule has 2 N–H and O–H groups in total. The molecule has 0 radical (unpaired) electrons. The van der Waals surface area contributed by atoms with Crippen molar-refractivity contribution in [2.75, 3.05) is 5.32 Å². The molecule has 134 valence electrons. The number of hydrogen-bond donors (Lipinski definition) is 2. The summed E-state index contributed by atoms with van der Waals surface area (Å²) >= 11 is 0. The average Bonchev–Trinajstić information content (AvgIpc) is 2.58. The van der Waals surface area contributed by atoms with Crippen molar-refractivity contribution < 1.29 is 9.90 Å². The van der Waals surface area contributed by atoms with Gasteiger partial charge in [-0.25, -0.2) is 4.98 Å². The molecule has 0 spiro atoms. The van der Waals surface area contributed by atoms with Crippen molar-refractivity contribution in [1.82, 2.24) is 9.55 Å². The van der Waals surface area contributed by atoms with E-state index in [1.165, 1.54) is 10.9 Å². The predicted octanol–water partition coefficient (Wildman–Crippen LogP) is 3.04. The van der Waals surface area contributed by atoms with Gasteiger partial charge >= 0.3 is 0 Å². The van der Waals surface area contributed by atoms with E-state index < -0.39 is 5.91 Å². The molecule has 2 aromatic carbocycles. The largest absolute Gasteiger partial charge is 0.506 e. The van der Waals surface area contributed by atoms with Crippen LogP contribution in [0.5, 0.6) is 5.75 Å². The zero-order valence-corrected chi connectivity index (χ0v) is 15.0. The number of nitrogens with one attached hydrogen (secondary N) is 1. The monoisotopic (exact) mass is 351 g/mol. The van der Waals surface area contributed by atoms with Gasteiger partial charge in [-0.15, -0.1) is 0 Å². The molecular weight excluding hydrogens is 330 g/mol. The minimum absolute atomic E-state index is 0.0182. The Morgan fingerprint density at radius 1 is 1.19 bits per heavy atom. The summed E-state index contributed by atoms with van der Waals surface area (Å²) in [4.78, 5) is 29.0. The average molecular weight is 351 g/mol. The summed E-state index contributed by atoms with van der Waals surface area (Å²) in [7, 11) is 0. The highest BCUT2D eigenvalue weighted by Gasteiger charge is 2.17. The Kier molecular flexibility index (Phi) is 4.50. The van der Waals surface area contributed by atoms with Gasteiger partial charge in [0.2, 0.25) is 5.91 Å². The fraction of sp³-hybridized carbons (Fsp3) is 0.250. The maximum Gasteiger partial charge on any atom is 0.261 e. The molecular formula is C20H21N3O3. The second kappa shape index (κ2) is 6.63. The quantitative estimate of drug-likeness (QED) is 0.711. The van der Waals surface area contributed by atoms with E-state index >= 15 is 0 Å². The van der Waals surface area contributed by atoms with Crippen molar-refractivity contribution in [3.05, 3.63) is 64.7 Å². The normalized spacial score (nSPS) is 11.5. The Morgan fingerprint density at radius 3 is 2.65 bits per heavy atom. The first-order valence-corrected chi connectivity index (χ1v) is 8.33. The standard InChI is InChI=1S/C20H21N3O3/c1-20(2,3)13-8-9-17(24)16(10-13)22-18(25)11-23-12-21-15-7-5-4-6-14(15)19(23)26/h4-10,12,24H,11H2,1-3H3,(H,22,25). The summed E-state index contributed by atoms with van der Waals surface area (Å²) in [6, 6.07) is 12.1. The second-order valence-electron chi connectivity index (χ2n) is 7.22. The van der Waals surface area contributed by atoms with Gasteiger partial charge in [0.25, 0.3) is 5.56 Å². The number of anilines is 1. The van der Waals surface area contributed by atoms with E-state index in [9.17, 15) is 14.7 Å². The molecule has 0 atom stereocenters. The Labute approximate surface area is 151 Å².